The highest BCUT2D eigenvalue weighted by Gasteiger charge is 2.33. The number of thiazole rings is 1. The zero-order valence-electron chi connectivity index (χ0n) is 23.0. The van der Waals surface area contributed by atoms with Crippen molar-refractivity contribution in [3.8, 4) is 5.75 Å². The highest BCUT2D eigenvalue weighted by Crippen LogP contribution is 2.31. The fraction of sp³-hybridized carbons (Fsp3) is 0.147. The number of hydrogen-bond donors (Lipinski definition) is 0. The van der Waals surface area contributed by atoms with Gasteiger partial charge in [-0.25, -0.2) is 9.79 Å². The van der Waals surface area contributed by atoms with E-state index in [1.54, 1.807) is 30.5 Å². The molecule has 0 fully saturated rings. The van der Waals surface area contributed by atoms with Gasteiger partial charge in [0.25, 0.3) is 5.56 Å². The van der Waals surface area contributed by atoms with Crippen LogP contribution in [0.5, 0.6) is 5.75 Å². The lowest BCUT2D eigenvalue weighted by Crippen LogP contribution is -2.39. The molecule has 0 aliphatic carbocycles. The lowest BCUT2D eigenvalue weighted by atomic mass is 9.96. The highest BCUT2D eigenvalue weighted by atomic mass is 35.5. The van der Waals surface area contributed by atoms with Crippen molar-refractivity contribution in [2.75, 3.05) is 6.61 Å². The Bertz CT molecular complexity index is 2020. The summed E-state index contributed by atoms with van der Waals surface area (Å²) in [6.07, 6.45) is 1.83. The number of fused-ring (bicyclic) bond motifs is 2. The van der Waals surface area contributed by atoms with Gasteiger partial charge in [-0.1, -0.05) is 89.7 Å². The summed E-state index contributed by atoms with van der Waals surface area (Å²) in [5, 5.41) is 2.89. The van der Waals surface area contributed by atoms with Crippen LogP contribution >= 0.6 is 22.9 Å². The molecule has 4 aromatic carbocycles. The van der Waals surface area contributed by atoms with Crippen LogP contribution in [0.1, 0.15) is 36.6 Å². The average Bonchev–Trinajstić information content (AvgIpc) is 3.29. The maximum Gasteiger partial charge on any atom is 0.338 e. The Kier molecular flexibility index (Phi) is 7.78. The summed E-state index contributed by atoms with van der Waals surface area (Å²) in [7, 11) is 0. The molecule has 0 spiro atoms. The average molecular weight is 595 g/mol. The van der Waals surface area contributed by atoms with Crippen LogP contribution in [-0.2, 0) is 16.1 Å². The normalized spacial score (nSPS) is 14.9. The van der Waals surface area contributed by atoms with Crippen molar-refractivity contribution >= 4 is 45.8 Å². The molecule has 6 nitrogen and oxygen atoms in total. The van der Waals surface area contributed by atoms with Crippen LogP contribution < -0.4 is 19.6 Å². The first-order valence-electron chi connectivity index (χ1n) is 13.6. The van der Waals surface area contributed by atoms with E-state index in [2.05, 4.69) is 29.3 Å². The number of nitrogens with zero attached hydrogens (tertiary/aromatic N) is 2. The number of carbonyl (C=O) groups excluding carboxylic acids is 1. The first-order chi connectivity index (χ1) is 20.4. The molecular weight excluding hydrogens is 568 g/mol. The molecule has 1 aliphatic rings. The third kappa shape index (κ3) is 5.41. The summed E-state index contributed by atoms with van der Waals surface area (Å²) in [6, 6.07) is 28.5. The minimum atomic E-state index is -0.685. The Balaban J connectivity index is 1.36. The number of carbonyl (C=O) groups is 1. The van der Waals surface area contributed by atoms with E-state index >= 15 is 0 Å². The van der Waals surface area contributed by atoms with E-state index in [0.717, 1.165) is 22.1 Å². The van der Waals surface area contributed by atoms with Crippen LogP contribution in [0, 0.1) is 0 Å². The van der Waals surface area contributed by atoms with Crippen molar-refractivity contribution in [3.63, 3.8) is 0 Å². The van der Waals surface area contributed by atoms with Crippen molar-refractivity contribution in [2.24, 2.45) is 4.99 Å². The zero-order chi connectivity index (χ0) is 29.2. The van der Waals surface area contributed by atoms with E-state index in [9.17, 15) is 9.59 Å². The van der Waals surface area contributed by atoms with Crippen molar-refractivity contribution in [1.29, 1.82) is 0 Å². The van der Waals surface area contributed by atoms with E-state index in [1.165, 1.54) is 16.7 Å². The van der Waals surface area contributed by atoms with E-state index in [-0.39, 0.29) is 12.2 Å². The molecule has 0 saturated heterocycles. The lowest BCUT2D eigenvalue weighted by molar-refractivity contribution is -0.139. The van der Waals surface area contributed by atoms with Gasteiger partial charge in [-0.15, -0.1) is 0 Å². The summed E-state index contributed by atoms with van der Waals surface area (Å²) >= 11 is 7.43. The van der Waals surface area contributed by atoms with Gasteiger partial charge in [0.05, 0.1) is 28.5 Å². The highest BCUT2D eigenvalue weighted by molar-refractivity contribution is 7.07. The number of esters is 1. The van der Waals surface area contributed by atoms with Crippen LogP contribution in [0.2, 0.25) is 5.02 Å². The van der Waals surface area contributed by atoms with E-state index in [0.29, 0.717) is 38.0 Å². The van der Waals surface area contributed by atoms with E-state index in [4.69, 9.17) is 21.1 Å². The molecule has 5 aromatic rings. The van der Waals surface area contributed by atoms with Crippen LogP contribution in [0.15, 0.2) is 112 Å². The van der Waals surface area contributed by atoms with Gasteiger partial charge in [0, 0.05) is 5.02 Å². The third-order valence-electron chi connectivity index (χ3n) is 7.13. The summed E-state index contributed by atoms with van der Waals surface area (Å²) in [5.74, 6) is 0.202. The van der Waals surface area contributed by atoms with Crippen LogP contribution in [0.4, 0.5) is 0 Å². The Morgan fingerprint density at radius 3 is 2.60 bits per heavy atom. The van der Waals surface area contributed by atoms with E-state index < -0.39 is 12.0 Å². The Morgan fingerprint density at radius 1 is 1.02 bits per heavy atom. The van der Waals surface area contributed by atoms with Crippen LogP contribution in [0.3, 0.4) is 0 Å². The van der Waals surface area contributed by atoms with Gasteiger partial charge in [-0.3, -0.25) is 9.36 Å². The second kappa shape index (κ2) is 11.8. The number of rotatable bonds is 7. The van der Waals surface area contributed by atoms with Crippen LogP contribution in [-0.4, -0.2) is 17.1 Å². The largest absolute Gasteiger partial charge is 0.489 e. The Morgan fingerprint density at radius 2 is 1.79 bits per heavy atom. The predicted octanol–water partition coefficient (Wildman–Crippen LogP) is 6.18. The SMILES string of the molecule is CCOC(=O)C1=C(C)N=c2sc(=Cc3cccc(OCc4cccc5ccccc45)c3)c(=O)n2[C@H]1c1ccc(Cl)cc1. The first kappa shape index (κ1) is 27.7. The molecule has 0 bridgehead atoms. The number of aromatic nitrogens is 1. The fourth-order valence-corrected chi connectivity index (χ4v) is 6.35. The molecule has 0 unspecified atom stereocenters. The molecule has 1 atom stereocenters. The number of halogens is 1. The van der Waals surface area contributed by atoms with Gasteiger partial charge in [-0.2, -0.15) is 0 Å². The molecule has 0 saturated carbocycles. The van der Waals surface area contributed by atoms with Gasteiger partial charge in [0.2, 0.25) is 0 Å². The molecule has 6 rings (SSSR count). The summed E-state index contributed by atoms with van der Waals surface area (Å²) < 4.78 is 13.6. The summed E-state index contributed by atoms with van der Waals surface area (Å²) in [4.78, 5) is 32.1. The maximum absolute atomic E-state index is 13.9. The standard InChI is InChI=1S/C34H27ClN2O4S/c1-3-40-33(39)30-21(2)36-34-37(31(30)24-14-16-26(35)17-15-24)32(38)29(42-34)19-22-8-6-12-27(18-22)41-20-25-11-7-10-23-9-4-5-13-28(23)25/h4-19,31H,3,20H2,1-2H3/t31-/m0/s1. The minimum Gasteiger partial charge on any atom is -0.489 e. The van der Waals surface area contributed by atoms with Crippen molar-refractivity contribution < 1.29 is 14.3 Å². The van der Waals surface area contributed by atoms with Gasteiger partial charge in [-0.05, 0) is 71.7 Å². The zero-order valence-corrected chi connectivity index (χ0v) is 24.6. The monoisotopic (exact) mass is 594 g/mol. The van der Waals surface area contributed by atoms with Crippen molar-refractivity contribution in [3.05, 3.63) is 144 Å². The number of hydrogen-bond acceptors (Lipinski definition) is 6. The predicted molar refractivity (Wildman–Crippen MR) is 167 cm³/mol. The molecule has 0 amide bonds. The van der Waals surface area contributed by atoms with Gasteiger partial charge < -0.3 is 9.47 Å². The summed E-state index contributed by atoms with van der Waals surface area (Å²) in [5.41, 5.74) is 3.28. The molecule has 1 aliphatic heterocycles. The first-order valence-corrected chi connectivity index (χ1v) is 14.8. The smallest absolute Gasteiger partial charge is 0.338 e. The second-order valence-corrected chi connectivity index (χ2v) is 11.3. The molecule has 210 valence electrons. The third-order valence-corrected chi connectivity index (χ3v) is 8.37. The molecule has 0 radical (unpaired) electrons. The molecule has 2 heterocycles. The van der Waals surface area contributed by atoms with Gasteiger partial charge in [0.15, 0.2) is 4.80 Å². The Hall–Kier alpha value is -4.46. The lowest BCUT2D eigenvalue weighted by Gasteiger charge is -2.24. The topological polar surface area (TPSA) is 69.9 Å². The summed E-state index contributed by atoms with van der Waals surface area (Å²) in [6.45, 7) is 4.15. The van der Waals surface area contributed by atoms with Crippen molar-refractivity contribution in [1.82, 2.24) is 4.57 Å². The second-order valence-electron chi connectivity index (χ2n) is 9.85. The molecule has 42 heavy (non-hydrogen) atoms. The number of benzene rings is 4. The molecular formula is C34H27ClN2O4S. The number of allylic oxidation sites excluding steroid dienone is 1. The van der Waals surface area contributed by atoms with E-state index in [1.807, 2.05) is 60.7 Å². The van der Waals surface area contributed by atoms with Crippen LogP contribution in [0.25, 0.3) is 16.8 Å². The molecule has 0 N–H and O–H groups in total. The Labute approximate surface area is 251 Å². The van der Waals surface area contributed by atoms with Gasteiger partial charge >= 0.3 is 5.97 Å². The quantitative estimate of drug-likeness (QED) is 0.211. The van der Waals surface area contributed by atoms with Crippen molar-refractivity contribution in [2.45, 2.75) is 26.5 Å². The molecule has 1 aromatic heterocycles. The maximum atomic E-state index is 13.9. The molecule has 8 heteroatoms. The number of ether oxygens (including phenoxy) is 2. The van der Waals surface area contributed by atoms with Gasteiger partial charge in [0.1, 0.15) is 12.4 Å². The minimum absolute atomic E-state index is 0.215. The fourth-order valence-electron chi connectivity index (χ4n) is 5.18.